The number of anilines is 1. The molecule has 0 saturated carbocycles. The van der Waals surface area contributed by atoms with E-state index in [-0.39, 0.29) is 0 Å². The summed E-state index contributed by atoms with van der Waals surface area (Å²) in [6.45, 7) is 6.35. The van der Waals surface area contributed by atoms with Crippen molar-refractivity contribution in [1.82, 2.24) is 5.16 Å². The predicted molar refractivity (Wildman–Crippen MR) is 65.2 cm³/mol. The number of benzene rings is 1. The molecule has 0 aliphatic carbocycles. The zero-order chi connectivity index (χ0) is 11.7. The second kappa shape index (κ2) is 4.00. The molecular formula is C13H16N2O. The molecule has 0 aliphatic heterocycles. The van der Waals surface area contributed by atoms with Crippen LogP contribution in [0.2, 0.25) is 0 Å². The van der Waals surface area contributed by atoms with Gasteiger partial charge in [0, 0.05) is 11.6 Å². The lowest BCUT2D eigenvalue weighted by atomic mass is 9.96. The summed E-state index contributed by atoms with van der Waals surface area (Å²) in [4.78, 5) is 0. The fourth-order valence-electron chi connectivity index (χ4n) is 1.82. The Morgan fingerprint density at radius 1 is 1.25 bits per heavy atom. The van der Waals surface area contributed by atoms with Gasteiger partial charge in [-0.3, -0.25) is 0 Å². The van der Waals surface area contributed by atoms with Gasteiger partial charge < -0.3 is 10.3 Å². The first-order valence-corrected chi connectivity index (χ1v) is 5.44. The van der Waals surface area contributed by atoms with Crippen LogP contribution >= 0.6 is 0 Å². The molecule has 0 aliphatic rings. The zero-order valence-electron chi connectivity index (χ0n) is 9.87. The van der Waals surface area contributed by atoms with Crippen molar-refractivity contribution in [1.29, 1.82) is 0 Å². The first-order valence-electron chi connectivity index (χ1n) is 5.44. The van der Waals surface area contributed by atoms with Crippen LogP contribution in [0.5, 0.6) is 0 Å². The zero-order valence-corrected chi connectivity index (χ0v) is 9.87. The van der Waals surface area contributed by atoms with E-state index >= 15 is 0 Å². The maximum absolute atomic E-state index is 5.55. The Kier molecular flexibility index (Phi) is 2.69. The molecule has 1 heterocycles. The number of nitrogens with two attached hydrogens (primary N) is 1. The highest BCUT2D eigenvalue weighted by atomic mass is 16.5. The third-order valence-electron chi connectivity index (χ3n) is 2.94. The second-order valence-electron chi connectivity index (χ2n) is 4.05. The van der Waals surface area contributed by atoms with Crippen LogP contribution in [0.1, 0.15) is 23.6 Å². The lowest BCUT2D eigenvalue weighted by Gasteiger charge is -2.08. The molecule has 0 atom stereocenters. The molecule has 1 aromatic carbocycles. The van der Waals surface area contributed by atoms with Gasteiger partial charge in [0.2, 0.25) is 5.88 Å². The van der Waals surface area contributed by atoms with Crippen LogP contribution < -0.4 is 5.73 Å². The van der Waals surface area contributed by atoms with Crippen molar-refractivity contribution >= 4 is 5.88 Å². The molecule has 3 nitrogen and oxygen atoms in total. The van der Waals surface area contributed by atoms with E-state index < -0.39 is 0 Å². The SMILES string of the molecule is CCc1cc(C)c(C)c(-c2cc(N)on2)c1. The van der Waals surface area contributed by atoms with Gasteiger partial charge in [-0.15, -0.1) is 0 Å². The standard InChI is InChI=1S/C13H16N2O/c1-4-10-5-8(2)9(3)11(6-10)12-7-13(14)16-15-12/h5-7H,4,14H2,1-3H3. The van der Waals surface area contributed by atoms with Gasteiger partial charge in [-0.1, -0.05) is 18.1 Å². The Balaban J connectivity index is 2.59. The third-order valence-corrected chi connectivity index (χ3v) is 2.94. The van der Waals surface area contributed by atoms with Gasteiger partial charge >= 0.3 is 0 Å². The average molecular weight is 216 g/mol. The summed E-state index contributed by atoms with van der Waals surface area (Å²) in [5, 5.41) is 3.96. The van der Waals surface area contributed by atoms with Crippen molar-refractivity contribution < 1.29 is 4.52 Å². The highest BCUT2D eigenvalue weighted by Gasteiger charge is 2.10. The molecule has 16 heavy (non-hydrogen) atoms. The summed E-state index contributed by atoms with van der Waals surface area (Å²) in [5.74, 6) is 0.356. The Morgan fingerprint density at radius 2 is 2.00 bits per heavy atom. The van der Waals surface area contributed by atoms with E-state index in [1.54, 1.807) is 6.07 Å². The number of nitrogens with zero attached hydrogens (tertiary/aromatic N) is 1. The number of aryl methyl sites for hydroxylation is 2. The molecule has 0 spiro atoms. The molecule has 0 saturated heterocycles. The highest BCUT2D eigenvalue weighted by Crippen LogP contribution is 2.27. The van der Waals surface area contributed by atoms with Gasteiger partial charge in [0.25, 0.3) is 0 Å². The summed E-state index contributed by atoms with van der Waals surface area (Å²) in [6, 6.07) is 6.13. The number of hydrogen-bond acceptors (Lipinski definition) is 3. The van der Waals surface area contributed by atoms with Crippen LogP contribution in [0.25, 0.3) is 11.3 Å². The average Bonchev–Trinajstić information content (AvgIpc) is 2.68. The number of hydrogen-bond donors (Lipinski definition) is 1. The quantitative estimate of drug-likeness (QED) is 0.839. The molecule has 2 rings (SSSR count). The molecule has 3 heteroatoms. The third kappa shape index (κ3) is 1.81. The molecule has 0 fully saturated rings. The number of nitrogen functional groups attached to an aromatic ring is 1. The normalized spacial score (nSPS) is 10.7. The first kappa shape index (κ1) is 10.7. The highest BCUT2D eigenvalue weighted by molar-refractivity contribution is 5.67. The molecule has 0 unspecified atom stereocenters. The predicted octanol–water partition coefficient (Wildman–Crippen LogP) is 3.10. The Morgan fingerprint density at radius 3 is 2.56 bits per heavy atom. The lowest BCUT2D eigenvalue weighted by Crippen LogP contribution is -1.91. The van der Waals surface area contributed by atoms with Crippen LogP contribution in [-0.2, 0) is 6.42 Å². The lowest BCUT2D eigenvalue weighted by molar-refractivity contribution is 0.439. The maximum atomic E-state index is 5.55. The summed E-state index contributed by atoms with van der Waals surface area (Å²) in [6.07, 6.45) is 1.02. The van der Waals surface area contributed by atoms with Crippen molar-refractivity contribution in [2.75, 3.05) is 5.73 Å². The topological polar surface area (TPSA) is 52.0 Å². The number of rotatable bonds is 2. The Bertz CT molecular complexity index is 515. The fraction of sp³-hybridized carbons (Fsp3) is 0.308. The monoisotopic (exact) mass is 216 g/mol. The minimum Gasteiger partial charge on any atom is -0.368 e. The number of aromatic nitrogens is 1. The van der Waals surface area contributed by atoms with E-state index in [0.717, 1.165) is 17.7 Å². The van der Waals surface area contributed by atoms with E-state index in [4.69, 9.17) is 10.3 Å². The summed E-state index contributed by atoms with van der Waals surface area (Å²) >= 11 is 0. The Labute approximate surface area is 95.3 Å². The van der Waals surface area contributed by atoms with E-state index in [1.807, 2.05) is 0 Å². The molecule has 0 radical (unpaired) electrons. The van der Waals surface area contributed by atoms with Crippen molar-refractivity contribution in [2.45, 2.75) is 27.2 Å². The minimum atomic E-state index is 0.356. The van der Waals surface area contributed by atoms with E-state index in [1.165, 1.54) is 16.7 Å². The van der Waals surface area contributed by atoms with Gasteiger partial charge in [-0.2, -0.15) is 0 Å². The van der Waals surface area contributed by atoms with Gasteiger partial charge in [-0.05, 0) is 43.0 Å². The molecular weight excluding hydrogens is 200 g/mol. The summed E-state index contributed by atoms with van der Waals surface area (Å²) < 4.78 is 4.92. The van der Waals surface area contributed by atoms with E-state index in [9.17, 15) is 0 Å². The van der Waals surface area contributed by atoms with Crippen LogP contribution in [0.4, 0.5) is 5.88 Å². The molecule has 0 amide bonds. The fourth-order valence-corrected chi connectivity index (χ4v) is 1.82. The smallest absolute Gasteiger partial charge is 0.222 e. The Hall–Kier alpha value is -1.77. The van der Waals surface area contributed by atoms with Gasteiger partial charge in [0.1, 0.15) is 5.69 Å². The van der Waals surface area contributed by atoms with E-state index in [0.29, 0.717) is 5.88 Å². The van der Waals surface area contributed by atoms with Crippen LogP contribution in [0, 0.1) is 13.8 Å². The van der Waals surface area contributed by atoms with Crippen molar-refractivity contribution in [3.63, 3.8) is 0 Å². The summed E-state index contributed by atoms with van der Waals surface area (Å²) in [5.41, 5.74) is 11.3. The molecule has 2 aromatic rings. The first-order chi connectivity index (χ1) is 7.61. The van der Waals surface area contributed by atoms with Gasteiger partial charge in [-0.25, -0.2) is 0 Å². The largest absolute Gasteiger partial charge is 0.368 e. The van der Waals surface area contributed by atoms with Gasteiger partial charge in [0.15, 0.2) is 0 Å². The molecule has 84 valence electrons. The van der Waals surface area contributed by atoms with Crippen molar-refractivity contribution in [3.8, 4) is 11.3 Å². The summed E-state index contributed by atoms with van der Waals surface area (Å²) in [7, 11) is 0. The molecule has 2 N–H and O–H groups in total. The van der Waals surface area contributed by atoms with Gasteiger partial charge in [0.05, 0.1) is 0 Å². The van der Waals surface area contributed by atoms with Crippen LogP contribution in [0.3, 0.4) is 0 Å². The van der Waals surface area contributed by atoms with Crippen molar-refractivity contribution in [2.24, 2.45) is 0 Å². The van der Waals surface area contributed by atoms with Crippen molar-refractivity contribution in [3.05, 3.63) is 34.9 Å². The maximum Gasteiger partial charge on any atom is 0.222 e. The van der Waals surface area contributed by atoms with Crippen LogP contribution in [0.15, 0.2) is 22.7 Å². The minimum absolute atomic E-state index is 0.356. The van der Waals surface area contributed by atoms with E-state index in [2.05, 4.69) is 38.1 Å². The molecule has 1 aromatic heterocycles. The van der Waals surface area contributed by atoms with Crippen LogP contribution in [-0.4, -0.2) is 5.16 Å². The molecule has 0 bridgehead atoms. The second-order valence-corrected chi connectivity index (χ2v) is 4.05.